The maximum atomic E-state index is 2.40. The molecule has 0 N–H and O–H groups in total. The van der Waals surface area contributed by atoms with Gasteiger partial charge in [-0.1, -0.05) is 172 Å². The maximum absolute atomic E-state index is 2.40. The van der Waals surface area contributed by atoms with E-state index in [9.17, 15) is 0 Å². The van der Waals surface area contributed by atoms with Crippen molar-refractivity contribution >= 4 is 38.6 Å². The fourth-order valence-corrected chi connectivity index (χ4v) is 8.69. The third-order valence-corrected chi connectivity index (χ3v) is 11.5. The van der Waals surface area contributed by atoms with Gasteiger partial charge in [0.2, 0.25) is 0 Å². The van der Waals surface area contributed by atoms with Crippen LogP contribution in [0.5, 0.6) is 0 Å². The van der Waals surface area contributed by atoms with Crippen LogP contribution in [0.2, 0.25) is 0 Å². The van der Waals surface area contributed by atoms with Crippen molar-refractivity contribution in [2.24, 2.45) is 0 Å². The van der Waals surface area contributed by atoms with E-state index in [0.717, 1.165) is 17.1 Å². The number of fused-ring (bicyclic) bond motifs is 5. The Morgan fingerprint density at radius 3 is 1.59 bits per heavy atom. The summed E-state index contributed by atoms with van der Waals surface area (Å²) in [6, 6.07) is 73.4. The molecule has 1 heteroatoms. The summed E-state index contributed by atoms with van der Waals surface area (Å²) < 4.78 is 0. The van der Waals surface area contributed by atoms with Gasteiger partial charge in [-0.15, -0.1) is 0 Å². The van der Waals surface area contributed by atoms with Crippen LogP contribution < -0.4 is 4.90 Å². The zero-order valence-electron chi connectivity index (χ0n) is 30.5. The summed E-state index contributed by atoms with van der Waals surface area (Å²) in [7, 11) is 0. The van der Waals surface area contributed by atoms with Gasteiger partial charge in [0.1, 0.15) is 0 Å². The first-order valence-corrected chi connectivity index (χ1v) is 18.8. The van der Waals surface area contributed by atoms with Gasteiger partial charge < -0.3 is 4.90 Å². The van der Waals surface area contributed by atoms with Crippen LogP contribution in [0.4, 0.5) is 17.1 Å². The highest BCUT2D eigenvalue weighted by Crippen LogP contribution is 2.50. The molecule has 1 nitrogen and oxygen atoms in total. The highest BCUT2D eigenvalue weighted by Gasteiger charge is 2.35. The first-order valence-electron chi connectivity index (χ1n) is 18.8. The van der Waals surface area contributed by atoms with Crippen molar-refractivity contribution in [2.75, 3.05) is 4.90 Å². The fourth-order valence-electron chi connectivity index (χ4n) is 8.69. The molecule has 1 aliphatic rings. The van der Waals surface area contributed by atoms with Crippen LogP contribution in [-0.4, -0.2) is 0 Å². The van der Waals surface area contributed by atoms with E-state index in [2.05, 4.69) is 219 Å². The summed E-state index contributed by atoms with van der Waals surface area (Å²) in [6.45, 7) is 4.69. The predicted octanol–water partition coefficient (Wildman–Crippen LogP) is 14.8. The van der Waals surface area contributed by atoms with Crippen molar-refractivity contribution in [3.8, 4) is 44.5 Å². The van der Waals surface area contributed by atoms with E-state index in [0.29, 0.717) is 0 Å². The van der Waals surface area contributed by atoms with E-state index >= 15 is 0 Å². The van der Waals surface area contributed by atoms with E-state index in [-0.39, 0.29) is 5.41 Å². The molecule has 0 fully saturated rings. The zero-order chi connectivity index (χ0) is 36.2. The van der Waals surface area contributed by atoms with E-state index in [1.54, 1.807) is 0 Å². The highest BCUT2D eigenvalue weighted by atomic mass is 15.1. The Labute approximate surface area is 317 Å². The highest BCUT2D eigenvalue weighted by molar-refractivity contribution is 6.00. The number of hydrogen-bond donors (Lipinski definition) is 0. The van der Waals surface area contributed by atoms with Gasteiger partial charge in [-0.3, -0.25) is 0 Å². The van der Waals surface area contributed by atoms with E-state index in [1.165, 1.54) is 77.2 Å². The number of rotatable bonds is 6. The minimum Gasteiger partial charge on any atom is -0.310 e. The Bertz CT molecular complexity index is 2820. The monoisotopic (exact) mass is 689 g/mol. The molecule has 0 unspecified atom stereocenters. The molecule has 0 aromatic heterocycles. The molecule has 0 atom stereocenters. The van der Waals surface area contributed by atoms with Crippen molar-refractivity contribution in [2.45, 2.75) is 19.3 Å². The number of benzene rings is 9. The van der Waals surface area contributed by atoms with Crippen molar-refractivity contribution in [1.82, 2.24) is 0 Å². The zero-order valence-corrected chi connectivity index (χ0v) is 30.5. The van der Waals surface area contributed by atoms with Crippen LogP contribution in [0.3, 0.4) is 0 Å². The first kappa shape index (κ1) is 32.0. The summed E-state index contributed by atoms with van der Waals surface area (Å²) in [6.07, 6.45) is 0. The summed E-state index contributed by atoms with van der Waals surface area (Å²) in [5.74, 6) is 0. The maximum Gasteiger partial charge on any atom is 0.0468 e. The second kappa shape index (κ2) is 12.8. The van der Waals surface area contributed by atoms with Gasteiger partial charge in [0.05, 0.1) is 0 Å². The number of anilines is 3. The van der Waals surface area contributed by atoms with Gasteiger partial charge in [0.15, 0.2) is 0 Å². The van der Waals surface area contributed by atoms with Gasteiger partial charge in [-0.2, -0.15) is 0 Å². The topological polar surface area (TPSA) is 3.24 Å². The minimum absolute atomic E-state index is 0.0444. The summed E-state index contributed by atoms with van der Waals surface area (Å²) in [5.41, 5.74) is 16.1. The summed E-state index contributed by atoms with van der Waals surface area (Å²) >= 11 is 0. The number of nitrogens with zero attached hydrogens (tertiary/aromatic N) is 1. The molecule has 10 rings (SSSR count). The molecule has 0 spiro atoms. The SMILES string of the molecule is CC1(C)c2ccccc2-c2cc(N(c3ccc(-c4ccc5cccc(-c6ccccc6)c5c4)cc3)c3ccc(-c4cccc5ccccc45)cc3)ccc21. The van der Waals surface area contributed by atoms with Gasteiger partial charge in [0, 0.05) is 22.5 Å². The normalized spacial score (nSPS) is 12.8. The molecule has 0 aliphatic heterocycles. The largest absolute Gasteiger partial charge is 0.310 e. The fraction of sp³-hybridized carbons (Fsp3) is 0.0566. The Morgan fingerprint density at radius 2 is 0.833 bits per heavy atom. The second-order valence-electron chi connectivity index (χ2n) is 15.0. The first-order chi connectivity index (χ1) is 26.5. The predicted molar refractivity (Wildman–Crippen MR) is 230 cm³/mol. The molecule has 9 aromatic carbocycles. The molecule has 0 radical (unpaired) electrons. The second-order valence-corrected chi connectivity index (χ2v) is 15.0. The lowest BCUT2D eigenvalue weighted by Gasteiger charge is -2.27. The lowest BCUT2D eigenvalue weighted by atomic mass is 9.82. The van der Waals surface area contributed by atoms with E-state index in [4.69, 9.17) is 0 Å². The molecule has 0 saturated carbocycles. The molecule has 0 amide bonds. The van der Waals surface area contributed by atoms with Crippen LogP contribution in [-0.2, 0) is 5.41 Å². The van der Waals surface area contributed by atoms with Crippen molar-refractivity contribution in [1.29, 1.82) is 0 Å². The van der Waals surface area contributed by atoms with E-state index in [1.807, 2.05) is 0 Å². The molecule has 0 heterocycles. The van der Waals surface area contributed by atoms with Crippen molar-refractivity contribution in [3.05, 3.63) is 211 Å². The Kier molecular flexibility index (Phi) is 7.56. The van der Waals surface area contributed by atoms with E-state index < -0.39 is 0 Å². The molecule has 9 aromatic rings. The quantitative estimate of drug-likeness (QED) is 0.168. The smallest absolute Gasteiger partial charge is 0.0468 e. The molecule has 256 valence electrons. The Hall–Kier alpha value is -6.70. The van der Waals surface area contributed by atoms with Crippen LogP contribution in [0.1, 0.15) is 25.0 Å². The standard InChI is InChI=1S/C53H39N/c1-53(2)51-21-9-8-18-48(51)50-35-44(32-33-52(50)53)54(43-30-26-40(27-31-43)46-19-10-15-38-14-6-7-17-45(38)46)42-28-24-36(25-29-42)41-23-22-39-16-11-20-47(49(39)34-41)37-12-4-3-5-13-37/h3-35H,1-2H3. The van der Waals surface area contributed by atoms with Gasteiger partial charge in [-0.25, -0.2) is 0 Å². The number of hydrogen-bond acceptors (Lipinski definition) is 1. The van der Waals surface area contributed by atoms with Crippen LogP contribution in [0.15, 0.2) is 200 Å². The molecular formula is C53H39N. The van der Waals surface area contributed by atoms with Crippen LogP contribution >= 0.6 is 0 Å². The summed E-state index contributed by atoms with van der Waals surface area (Å²) in [5, 5.41) is 5.03. The molecule has 54 heavy (non-hydrogen) atoms. The summed E-state index contributed by atoms with van der Waals surface area (Å²) in [4.78, 5) is 2.40. The molecule has 1 aliphatic carbocycles. The average Bonchev–Trinajstić information content (AvgIpc) is 3.46. The van der Waals surface area contributed by atoms with Crippen LogP contribution in [0.25, 0.3) is 66.1 Å². The molecule has 0 bridgehead atoms. The van der Waals surface area contributed by atoms with Gasteiger partial charge in [-0.05, 0) is 120 Å². The van der Waals surface area contributed by atoms with Gasteiger partial charge >= 0.3 is 0 Å². The van der Waals surface area contributed by atoms with Crippen LogP contribution in [0, 0.1) is 0 Å². The lowest BCUT2D eigenvalue weighted by Crippen LogP contribution is -2.15. The van der Waals surface area contributed by atoms with Crippen molar-refractivity contribution < 1.29 is 0 Å². The Balaban J connectivity index is 1.08. The lowest BCUT2D eigenvalue weighted by molar-refractivity contribution is 0.660. The minimum atomic E-state index is -0.0444. The third kappa shape index (κ3) is 5.32. The molecular weight excluding hydrogens is 651 g/mol. The third-order valence-electron chi connectivity index (χ3n) is 11.5. The molecule has 0 saturated heterocycles. The Morgan fingerprint density at radius 1 is 0.315 bits per heavy atom. The van der Waals surface area contributed by atoms with Crippen molar-refractivity contribution in [3.63, 3.8) is 0 Å². The van der Waals surface area contributed by atoms with Gasteiger partial charge in [0.25, 0.3) is 0 Å². The average molecular weight is 690 g/mol.